The van der Waals surface area contributed by atoms with E-state index in [1.165, 1.54) is 18.2 Å². The number of amides is 1. The average molecular weight is 374 g/mol. The highest BCUT2D eigenvalue weighted by molar-refractivity contribution is 6.02. The summed E-state index contributed by atoms with van der Waals surface area (Å²) in [5, 5.41) is 2.79. The van der Waals surface area contributed by atoms with Gasteiger partial charge in [-0.3, -0.25) is 4.79 Å². The molecule has 0 saturated heterocycles. The lowest BCUT2D eigenvalue weighted by Crippen LogP contribution is -2.30. The fraction of sp³-hybridized carbons (Fsp3) is 0.286. The summed E-state index contributed by atoms with van der Waals surface area (Å²) in [6.45, 7) is 4.43. The first-order valence-electron chi connectivity index (χ1n) is 8.79. The maximum Gasteiger partial charge on any atom is 0.387 e. The molecular formula is C21H24F2N2O2. The van der Waals surface area contributed by atoms with Crippen molar-refractivity contribution in [3.63, 3.8) is 0 Å². The zero-order valence-electron chi connectivity index (χ0n) is 15.7. The molecule has 144 valence electrons. The van der Waals surface area contributed by atoms with Gasteiger partial charge in [0.25, 0.3) is 0 Å². The Morgan fingerprint density at radius 1 is 1.11 bits per heavy atom. The molecule has 0 atom stereocenters. The molecule has 0 saturated carbocycles. The van der Waals surface area contributed by atoms with Crippen LogP contribution in [0.1, 0.15) is 26.3 Å². The maximum absolute atomic E-state index is 12.1. The predicted molar refractivity (Wildman–Crippen MR) is 105 cm³/mol. The Morgan fingerprint density at radius 3 is 2.26 bits per heavy atom. The van der Waals surface area contributed by atoms with Gasteiger partial charge in [-0.2, -0.15) is 8.78 Å². The van der Waals surface area contributed by atoms with Gasteiger partial charge in [0.15, 0.2) is 0 Å². The van der Waals surface area contributed by atoms with E-state index in [9.17, 15) is 13.6 Å². The van der Waals surface area contributed by atoms with Crippen LogP contribution in [0.25, 0.3) is 6.08 Å². The minimum Gasteiger partial charge on any atom is -0.435 e. The van der Waals surface area contributed by atoms with Crippen LogP contribution in [0.4, 0.5) is 20.2 Å². The summed E-state index contributed by atoms with van der Waals surface area (Å²) in [4.78, 5) is 14.3. The van der Waals surface area contributed by atoms with Crippen molar-refractivity contribution in [2.24, 2.45) is 0 Å². The Balaban J connectivity index is 1.94. The second-order valence-electron chi connectivity index (χ2n) is 6.20. The van der Waals surface area contributed by atoms with Crippen LogP contribution in [0, 0.1) is 0 Å². The highest BCUT2D eigenvalue weighted by Crippen LogP contribution is 2.20. The van der Waals surface area contributed by atoms with Crippen molar-refractivity contribution in [3.05, 3.63) is 60.2 Å². The summed E-state index contributed by atoms with van der Waals surface area (Å²) in [6.07, 6.45) is 3.00. The molecule has 0 spiro atoms. The van der Waals surface area contributed by atoms with Crippen molar-refractivity contribution in [2.45, 2.75) is 33.4 Å². The summed E-state index contributed by atoms with van der Waals surface area (Å²) in [5.41, 5.74) is 2.51. The largest absolute Gasteiger partial charge is 0.435 e. The lowest BCUT2D eigenvalue weighted by Gasteiger charge is -2.27. The smallest absolute Gasteiger partial charge is 0.387 e. The number of benzene rings is 2. The number of anilines is 2. The number of hydrogen-bond donors (Lipinski definition) is 1. The summed E-state index contributed by atoms with van der Waals surface area (Å²) in [6, 6.07) is 14.1. The molecule has 4 nitrogen and oxygen atoms in total. The van der Waals surface area contributed by atoms with Gasteiger partial charge in [-0.1, -0.05) is 12.1 Å². The molecule has 0 unspecified atom stereocenters. The first-order valence-corrected chi connectivity index (χ1v) is 8.79. The third-order valence-electron chi connectivity index (χ3n) is 3.96. The van der Waals surface area contributed by atoms with E-state index in [0.717, 1.165) is 12.2 Å². The Morgan fingerprint density at radius 2 is 1.74 bits per heavy atom. The third-order valence-corrected chi connectivity index (χ3v) is 3.96. The maximum atomic E-state index is 12.1. The number of halogens is 2. The topological polar surface area (TPSA) is 41.6 Å². The van der Waals surface area contributed by atoms with E-state index in [1.807, 2.05) is 24.3 Å². The molecule has 1 N–H and O–H groups in total. The number of carbonyl (C=O) groups excluding carboxylic acids is 1. The Bertz CT molecular complexity index is 757. The molecule has 0 aliphatic heterocycles. The fourth-order valence-corrected chi connectivity index (χ4v) is 2.70. The molecule has 0 aromatic heterocycles. The molecule has 0 heterocycles. The van der Waals surface area contributed by atoms with Crippen molar-refractivity contribution < 1.29 is 18.3 Å². The summed E-state index contributed by atoms with van der Waals surface area (Å²) < 4.78 is 28.5. The monoisotopic (exact) mass is 374 g/mol. The van der Waals surface area contributed by atoms with Gasteiger partial charge in [0, 0.05) is 30.0 Å². The van der Waals surface area contributed by atoms with Crippen LogP contribution >= 0.6 is 0 Å². The van der Waals surface area contributed by atoms with Gasteiger partial charge in [0.05, 0.1) is 0 Å². The number of nitrogens with zero attached hydrogens (tertiary/aromatic N) is 1. The van der Waals surface area contributed by atoms with Crippen LogP contribution in [-0.2, 0) is 4.79 Å². The first kappa shape index (κ1) is 20.4. The van der Waals surface area contributed by atoms with Gasteiger partial charge in [0.2, 0.25) is 5.91 Å². The number of ether oxygens (including phenoxy) is 1. The lowest BCUT2D eigenvalue weighted by molar-refractivity contribution is -0.111. The molecule has 2 aromatic carbocycles. The van der Waals surface area contributed by atoms with E-state index in [2.05, 4.69) is 35.7 Å². The van der Waals surface area contributed by atoms with Crippen molar-refractivity contribution >= 4 is 23.4 Å². The van der Waals surface area contributed by atoms with E-state index in [0.29, 0.717) is 17.3 Å². The van der Waals surface area contributed by atoms with Crippen molar-refractivity contribution in [1.29, 1.82) is 0 Å². The Labute approximate surface area is 158 Å². The van der Waals surface area contributed by atoms with Gasteiger partial charge >= 0.3 is 6.61 Å². The standard InChI is InChI=1S/C21H24F2N2O2/c1-4-25(15(2)3)18-10-8-17(9-11-18)24-20(26)14-7-16-5-12-19(13-6-16)27-21(22)23/h5-15,21H,4H2,1-3H3,(H,24,26)/b14-7+. The molecule has 0 aliphatic rings. The Kier molecular flexibility index (Phi) is 7.34. The van der Waals surface area contributed by atoms with Gasteiger partial charge < -0.3 is 15.0 Å². The van der Waals surface area contributed by atoms with Gasteiger partial charge in [-0.15, -0.1) is 0 Å². The second-order valence-corrected chi connectivity index (χ2v) is 6.20. The molecule has 0 fully saturated rings. The van der Waals surface area contributed by atoms with E-state index < -0.39 is 6.61 Å². The molecule has 2 aromatic rings. The summed E-state index contributed by atoms with van der Waals surface area (Å²) in [7, 11) is 0. The van der Waals surface area contributed by atoms with Crippen LogP contribution < -0.4 is 15.0 Å². The van der Waals surface area contributed by atoms with Crippen LogP contribution in [0.15, 0.2) is 54.6 Å². The van der Waals surface area contributed by atoms with Crippen molar-refractivity contribution in [2.75, 3.05) is 16.8 Å². The van der Waals surface area contributed by atoms with Crippen molar-refractivity contribution in [3.8, 4) is 5.75 Å². The van der Waals surface area contributed by atoms with Crippen LogP contribution in [0.3, 0.4) is 0 Å². The number of alkyl halides is 2. The highest BCUT2D eigenvalue weighted by atomic mass is 19.3. The van der Waals surface area contributed by atoms with E-state index in [-0.39, 0.29) is 11.7 Å². The molecule has 0 radical (unpaired) electrons. The SMILES string of the molecule is CCN(c1ccc(NC(=O)/C=C/c2ccc(OC(F)F)cc2)cc1)C(C)C. The van der Waals surface area contributed by atoms with Gasteiger partial charge in [0.1, 0.15) is 5.75 Å². The quantitative estimate of drug-likeness (QED) is 0.648. The van der Waals surface area contributed by atoms with Crippen LogP contribution in [-0.4, -0.2) is 25.1 Å². The molecular weight excluding hydrogens is 350 g/mol. The second kappa shape index (κ2) is 9.71. The Hall–Kier alpha value is -2.89. The zero-order valence-corrected chi connectivity index (χ0v) is 15.7. The minimum atomic E-state index is -2.85. The summed E-state index contributed by atoms with van der Waals surface area (Å²) >= 11 is 0. The fourth-order valence-electron chi connectivity index (χ4n) is 2.70. The number of nitrogens with one attached hydrogen (secondary N) is 1. The molecule has 0 aliphatic carbocycles. The third kappa shape index (κ3) is 6.40. The van der Waals surface area contributed by atoms with Crippen molar-refractivity contribution in [1.82, 2.24) is 0 Å². The molecule has 2 rings (SSSR count). The van der Waals surface area contributed by atoms with Gasteiger partial charge in [-0.05, 0) is 68.8 Å². The highest BCUT2D eigenvalue weighted by Gasteiger charge is 2.08. The first-order chi connectivity index (χ1) is 12.9. The van der Waals surface area contributed by atoms with Crippen LogP contribution in [0.2, 0.25) is 0 Å². The molecule has 27 heavy (non-hydrogen) atoms. The minimum absolute atomic E-state index is 0.0780. The van der Waals surface area contributed by atoms with E-state index in [1.54, 1.807) is 18.2 Å². The van der Waals surface area contributed by atoms with Gasteiger partial charge in [-0.25, -0.2) is 0 Å². The van der Waals surface area contributed by atoms with E-state index >= 15 is 0 Å². The normalized spacial score (nSPS) is 11.2. The number of rotatable bonds is 8. The van der Waals surface area contributed by atoms with E-state index in [4.69, 9.17) is 0 Å². The number of hydrogen-bond acceptors (Lipinski definition) is 3. The molecule has 6 heteroatoms. The van der Waals surface area contributed by atoms with Crippen LogP contribution in [0.5, 0.6) is 5.75 Å². The molecule has 0 bridgehead atoms. The average Bonchev–Trinajstić information content (AvgIpc) is 2.62. The number of carbonyl (C=O) groups is 1. The predicted octanol–water partition coefficient (Wildman–Crippen LogP) is 5.17. The summed E-state index contributed by atoms with van der Waals surface area (Å²) in [5.74, 6) is -0.193. The lowest BCUT2D eigenvalue weighted by atomic mass is 10.2. The molecule has 1 amide bonds. The zero-order chi connectivity index (χ0) is 19.8.